The van der Waals surface area contributed by atoms with Gasteiger partial charge in [0.1, 0.15) is 0 Å². The van der Waals surface area contributed by atoms with Gasteiger partial charge in [-0.05, 0) is 57.4 Å². The Balaban J connectivity index is 2.14. The molecule has 1 fully saturated rings. The molecule has 2 unspecified atom stereocenters. The molecule has 0 saturated carbocycles. The maximum absolute atomic E-state index is 6.11. The fraction of sp³-hybridized carbons (Fsp3) is 0.625. The summed E-state index contributed by atoms with van der Waals surface area (Å²) >= 11 is 5.95. The van der Waals surface area contributed by atoms with E-state index in [9.17, 15) is 0 Å². The zero-order valence-corrected chi connectivity index (χ0v) is 12.8. The molecule has 3 heteroatoms. The smallest absolute Gasteiger partial charge is 0.0406 e. The zero-order chi connectivity index (χ0) is 13.9. The van der Waals surface area contributed by atoms with E-state index in [2.05, 4.69) is 30.9 Å². The lowest BCUT2D eigenvalue weighted by molar-refractivity contribution is 0.0418. The monoisotopic (exact) mass is 280 g/mol. The van der Waals surface area contributed by atoms with Crippen molar-refractivity contribution in [2.45, 2.75) is 51.1 Å². The summed E-state index contributed by atoms with van der Waals surface area (Å²) in [4.78, 5) is 2.60. The number of piperidine rings is 1. The van der Waals surface area contributed by atoms with E-state index in [-0.39, 0.29) is 5.54 Å². The van der Waals surface area contributed by atoms with E-state index < -0.39 is 0 Å². The van der Waals surface area contributed by atoms with Crippen LogP contribution in [0.25, 0.3) is 0 Å². The lowest BCUT2D eigenvalue weighted by atomic mass is 9.87. The number of nitrogens with two attached hydrogens (primary N) is 1. The number of likely N-dealkylation sites (tertiary alicyclic amines) is 1. The zero-order valence-electron chi connectivity index (χ0n) is 12.0. The average Bonchev–Trinajstić information content (AvgIpc) is 2.42. The van der Waals surface area contributed by atoms with Crippen molar-refractivity contribution in [2.75, 3.05) is 13.1 Å². The minimum absolute atomic E-state index is 0.0493. The summed E-state index contributed by atoms with van der Waals surface area (Å²) in [6.07, 6.45) is 4.92. The number of benzene rings is 1. The van der Waals surface area contributed by atoms with Gasteiger partial charge in [0.25, 0.3) is 0 Å². The van der Waals surface area contributed by atoms with Crippen molar-refractivity contribution < 1.29 is 0 Å². The summed E-state index contributed by atoms with van der Waals surface area (Å²) in [6, 6.07) is 8.80. The predicted octanol–water partition coefficient (Wildman–Crippen LogP) is 3.47. The van der Waals surface area contributed by atoms with Gasteiger partial charge in [0.15, 0.2) is 0 Å². The lowest BCUT2D eigenvalue weighted by Crippen LogP contribution is -2.58. The Bertz CT molecular complexity index is 404. The first-order valence-corrected chi connectivity index (χ1v) is 7.64. The first-order valence-electron chi connectivity index (χ1n) is 7.26. The van der Waals surface area contributed by atoms with Gasteiger partial charge in [0, 0.05) is 23.1 Å². The first-order chi connectivity index (χ1) is 9.05. The van der Waals surface area contributed by atoms with Gasteiger partial charge in [-0.15, -0.1) is 0 Å². The third kappa shape index (κ3) is 3.50. The Morgan fingerprint density at radius 3 is 2.58 bits per heavy atom. The maximum atomic E-state index is 6.11. The Morgan fingerprint density at radius 2 is 2.00 bits per heavy atom. The molecule has 2 N–H and O–H groups in total. The Labute approximate surface area is 121 Å². The van der Waals surface area contributed by atoms with Gasteiger partial charge in [-0.1, -0.05) is 30.2 Å². The summed E-state index contributed by atoms with van der Waals surface area (Å²) in [5, 5.41) is 0.796. The standard InChI is InChI=1S/C16H25ClN2/c1-13-5-3-4-10-19(13)16(2,12-18)11-14-6-8-15(17)9-7-14/h6-9,13H,3-5,10-12,18H2,1-2H3. The molecule has 2 nitrogen and oxygen atoms in total. The van der Waals surface area contributed by atoms with Crippen LogP contribution in [0.15, 0.2) is 24.3 Å². The average molecular weight is 281 g/mol. The highest BCUT2D eigenvalue weighted by Crippen LogP contribution is 2.28. The molecule has 1 aliphatic rings. The van der Waals surface area contributed by atoms with Crippen molar-refractivity contribution in [3.8, 4) is 0 Å². The summed E-state index contributed by atoms with van der Waals surface area (Å²) < 4.78 is 0. The number of rotatable bonds is 4. The van der Waals surface area contributed by atoms with E-state index in [4.69, 9.17) is 17.3 Å². The van der Waals surface area contributed by atoms with Gasteiger partial charge >= 0.3 is 0 Å². The van der Waals surface area contributed by atoms with Crippen molar-refractivity contribution in [2.24, 2.45) is 5.73 Å². The molecule has 2 atom stereocenters. The number of hydrogen-bond acceptors (Lipinski definition) is 2. The fourth-order valence-electron chi connectivity index (χ4n) is 3.23. The molecule has 0 radical (unpaired) electrons. The topological polar surface area (TPSA) is 29.3 Å². The molecule has 1 heterocycles. The van der Waals surface area contributed by atoms with E-state index in [1.807, 2.05) is 12.1 Å². The van der Waals surface area contributed by atoms with Gasteiger partial charge in [-0.3, -0.25) is 4.90 Å². The number of hydrogen-bond donors (Lipinski definition) is 1. The molecular formula is C16H25ClN2. The van der Waals surface area contributed by atoms with Crippen LogP contribution in [0.3, 0.4) is 0 Å². The van der Waals surface area contributed by atoms with Crippen molar-refractivity contribution >= 4 is 11.6 Å². The molecular weight excluding hydrogens is 256 g/mol. The second-order valence-electron chi connectivity index (χ2n) is 6.04. The quantitative estimate of drug-likeness (QED) is 0.915. The summed E-state index contributed by atoms with van der Waals surface area (Å²) in [5.74, 6) is 0. The van der Waals surface area contributed by atoms with Crippen molar-refractivity contribution in [3.63, 3.8) is 0 Å². The molecule has 0 amide bonds. The van der Waals surface area contributed by atoms with Crippen molar-refractivity contribution in [1.29, 1.82) is 0 Å². The molecule has 19 heavy (non-hydrogen) atoms. The molecule has 2 rings (SSSR count). The van der Waals surface area contributed by atoms with Crippen LogP contribution in [0.4, 0.5) is 0 Å². The molecule has 0 bridgehead atoms. The van der Waals surface area contributed by atoms with Crippen LogP contribution in [-0.4, -0.2) is 29.6 Å². The van der Waals surface area contributed by atoms with Gasteiger partial charge in [-0.2, -0.15) is 0 Å². The third-order valence-corrected chi connectivity index (χ3v) is 4.69. The van der Waals surface area contributed by atoms with Crippen LogP contribution < -0.4 is 5.73 Å². The van der Waals surface area contributed by atoms with E-state index in [1.54, 1.807) is 0 Å². The molecule has 0 aliphatic carbocycles. The largest absolute Gasteiger partial charge is 0.329 e. The Morgan fingerprint density at radius 1 is 1.32 bits per heavy atom. The maximum Gasteiger partial charge on any atom is 0.0406 e. The summed E-state index contributed by atoms with van der Waals surface area (Å²) in [5.41, 5.74) is 7.47. The predicted molar refractivity (Wildman–Crippen MR) is 82.6 cm³/mol. The van der Waals surface area contributed by atoms with Crippen molar-refractivity contribution in [3.05, 3.63) is 34.9 Å². The highest BCUT2D eigenvalue weighted by molar-refractivity contribution is 6.30. The van der Waals surface area contributed by atoms with E-state index in [0.717, 1.165) is 11.4 Å². The van der Waals surface area contributed by atoms with Crippen LogP contribution in [0, 0.1) is 0 Å². The second-order valence-corrected chi connectivity index (χ2v) is 6.48. The fourth-order valence-corrected chi connectivity index (χ4v) is 3.36. The lowest BCUT2D eigenvalue weighted by Gasteiger charge is -2.47. The normalized spacial score (nSPS) is 24.1. The second kappa shape index (κ2) is 6.25. The Kier molecular flexibility index (Phi) is 4.88. The minimum atomic E-state index is 0.0493. The van der Waals surface area contributed by atoms with Gasteiger partial charge < -0.3 is 5.73 Å². The van der Waals surface area contributed by atoms with Crippen LogP contribution in [0.2, 0.25) is 5.02 Å². The van der Waals surface area contributed by atoms with Gasteiger partial charge in [-0.25, -0.2) is 0 Å². The molecule has 0 aromatic heterocycles. The molecule has 1 aromatic carbocycles. The van der Waals surface area contributed by atoms with E-state index in [0.29, 0.717) is 12.6 Å². The Hall–Kier alpha value is -0.570. The molecule has 1 aromatic rings. The van der Waals surface area contributed by atoms with Crippen LogP contribution in [-0.2, 0) is 6.42 Å². The minimum Gasteiger partial charge on any atom is -0.329 e. The van der Waals surface area contributed by atoms with Crippen LogP contribution in [0.1, 0.15) is 38.7 Å². The van der Waals surface area contributed by atoms with E-state index in [1.165, 1.54) is 31.4 Å². The van der Waals surface area contributed by atoms with Crippen LogP contribution in [0.5, 0.6) is 0 Å². The SMILES string of the molecule is CC1CCCCN1C(C)(CN)Cc1ccc(Cl)cc1. The first kappa shape index (κ1) is 14.8. The summed E-state index contributed by atoms with van der Waals surface area (Å²) in [7, 11) is 0. The highest BCUT2D eigenvalue weighted by Gasteiger charge is 2.35. The molecule has 106 valence electrons. The van der Waals surface area contributed by atoms with Gasteiger partial charge in [0.05, 0.1) is 0 Å². The number of nitrogens with zero attached hydrogens (tertiary/aromatic N) is 1. The van der Waals surface area contributed by atoms with Crippen LogP contribution >= 0.6 is 11.6 Å². The van der Waals surface area contributed by atoms with Gasteiger partial charge in [0.2, 0.25) is 0 Å². The number of halogens is 1. The molecule has 0 spiro atoms. The summed E-state index contributed by atoms with van der Waals surface area (Å²) in [6.45, 7) is 6.49. The van der Waals surface area contributed by atoms with E-state index >= 15 is 0 Å². The molecule has 1 saturated heterocycles. The highest BCUT2D eigenvalue weighted by atomic mass is 35.5. The van der Waals surface area contributed by atoms with Crippen molar-refractivity contribution in [1.82, 2.24) is 4.90 Å². The molecule has 1 aliphatic heterocycles. The third-order valence-electron chi connectivity index (χ3n) is 4.43.